The fraction of sp³-hybridized carbons (Fsp3) is 0. The molecule has 3 heteroatoms. The smallest absolute Gasteiger partial charge is 0.143 e. The lowest BCUT2D eigenvalue weighted by molar-refractivity contribution is 0.673. The second-order valence-electron chi connectivity index (χ2n) is 14.5. The third kappa shape index (κ3) is 4.67. The third-order valence-electron chi connectivity index (χ3n) is 11.4. The molecule has 55 heavy (non-hydrogen) atoms. The van der Waals surface area contributed by atoms with Crippen molar-refractivity contribution in [1.82, 2.24) is 0 Å². The second kappa shape index (κ2) is 11.8. The van der Waals surface area contributed by atoms with E-state index < -0.39 is 0 Å². The Balaban J connectivity index is 1.06. The van der Waals surface area contributed by atoms with Crippen LogP contribution in [0.4, 0.5) is 17.1 Å². The summed E-state index contributed by atoms with van der Waals surface area (Å²) in [6.45, 7) is 0. The summed E-state index contributed by atoms with van der Waals surface area (Å²) in [6.07, 6.45) is 0. The van der Waals surface area contributed by atoms with Crippen LogP contribution in [0.5, 0.6) is 0 Å². The molecule has 2 aromatic heterocycles. The van der Waals surface area contributed by atoms with Crippen molar-refractivity contribution < 1.29 is 4.42 Å². The first-order valence-electron chi connectivity index (χ1n) is 18.7. The van der Waals surface area contributed by atoms with Gasteiger partial charge in [0.1, 0.15) is 11.2 Å². The van der Waals surface area contributed by atoms with E-state index in [2.05, 4.69) is 187 Å². The number of hydrogen-bond acceptors (Lipinski definition) is 3. The van der Waals surface area contributed by atoms with E-state index in [9.17, 15) is 0 Å². The van der Waals surface area contributed by atoms with Crippen LogP contribution < -0.4 is 4.90 Å². The van der Waals surface area contributed by atoms with Crippen molar-refractivity contribution in [3.05, 3.63) is 188 Å². The molecular weight excluding hydrogens is 687 g/mol. The predicted octanol–water partition coefficient (Wildman–Crippen LogP) is 15.7. The van der Waals surface area contributed by atoms with Crippen LogP contribution in [-0.2, 0) is 0 Å². The normalized spacial score (nSPS) is 12.0. The van der Waals surface area contributed by atoms with Crippen LogP contribution >= 0.6 is 11.3 Å². The maximum Gasteiger partial charge on any atom is 0.143 e. The van der Waals surface area contributed by atoms with Crippen molar-refractivity contribution in [3.63, 3.8) is 0 Å². The van der Waals surface area contributed by atoms with Gasteiger partial charge in [0, 0.05) is 58.8 Å². The first-order valence-corrected chi connectivity index (χ1v) is 19.6. The molecule has 0 fully saturated rings. The molecule has 256 valence electrons. The minimum Gasteiger partial charge on any atom is -0.455 e. The van der Waals surface area contributed by atoms with Crippen molar-refractivity contribution in [2.45, 2.75) is 0 Å². The summed E-state index contributed by atoms with van der Waals surface area (Å²) in [5, 5.41) is 14.7. The highest BCUT2D eigenvalue weighted by Crippen LogP contribution is 2.44. The van der Waals surface area contributed by atoms with E-state index in [-0.39, 0.29) is 0 Å². The van der Waals surface area contributed by atoms with Gasteiger partial charge in [-0.05, 0) is 98.0 Å². The minimum absolute atomic E-state index is 0.918. The van der Waals surface area contributed by atoms with Crippen LogP contribution in [0.3, 0.4) is 0 Å². The van der Waals surface area contributed by atoms with Crippen LogP contribution in [0.2, 0.25) is 0 Å². The van der Waals surface area contributed by atoms with E-state index in [1.165, 1.54) is 69.0 Å². The Labute approximate surface area is 320 Å². The summed E-state index contributed by atoms with van der Waals surface area (Å²) < 4.78 is 9.22. The highest BCUT2D eigenvalue weighted by molar-refractivity contribution is 7.26. The van der Waals surface area contributed by atoms with Crippen molar-refractivity contribution >= 4 is 114 Å². The summed E-state index contributed by atoms with van der Waals surface area (Å²) >= 11 is 1.90. The number of hydrogen-bond donors (Lipinski definition) is 0. The Morgan fingerprint density at radius 3 is 1.67 bits per heavy atom. The molecule has 0 radical (unpaired) electrons. The zero-order valence-corrected chi connectivity index (χ0v) is 30.5. The van der Waals surface area contributed by atoms with Gasteiger partial charge >= 0.3 is 0 Å². The van der Waals surface area contributed by atoms with Crippen LogP contribution in [0.1, 0.15) is 0 Å². The van der Waals surface area contributed by atoms with Gasteiger partial charge in [-0.3, -0.25) is 0 Å². The fourth-order valence-electron chi connectivity index (χ4n) is 8.79. The SMILES string of the molecule is c1ccc(-c2ccc(N(c3ccc4c(ccc5ccc6c7ccccc7oc6c54)c3)c3ccc4c(ccc5ccc6c7ccccc7sc6c54)c3)cc2)cc1. The first kappa shape index (κ1) is 30.5. The molecule has 12 aromatic rings. The molecule has 0 amide bonds. The van der Waals surface area contributed by atoms with Crippen LogP contribution in [0, 0.1) is 0 Å². The molecule has 0 aliphatic rings. The summed E-state index contributed by atoms with van der Waals surface area (Å²) in [7, 11) is 0. The van der Waals surface area contributed by atoms with Gasteiger partial charge in [0.2, 0.25) is 0 Å². The monoisotopic (exact) mass is 717 g/mol. The average molecular weight is 718 g/mol. The molecule has 0 bridgehead atoms. The lowest BCUT2D eigenvalue weighted by atomic mass is 9.98. The number of benzene rings is 10. The molecule has 0 unspecified atom stereocenters. The molecule has 10 aromatic carbocycles. The molecule has 0 saturated heterocycles. The standard InChI is InChI=1S/C52H31NOS/c1-2-8-32(9-3-1)33-18-22-38(23-19-33)53(39-24-28-41-36(30-39)16-14-34-20-26-45-43-10-4-6-12-47(43)54-51(45)49(34)41)40-25-29-42-37(31-40)17-15-35-21-27-46-44-11-5-7-13-48(44)55-52(46)50(35)42/h1-31H. The lowest BCUT2D eigenvalue weighted by Crippen LogP contribution is -2.10. The quantitative estimate of drug-likeness (QED) is 0.169. The number of thiophene rings is 1. The van der Waals surface area contributed by atoms with Crippen LogP contribution in [-0.4, -0.2) is 0 Å². The Bertz CT molecular complexity index is 3290. The van der Waals surface area contributed by atoms with Crippen molar-refractivity contribution in [3.8, 4) is 11.1 Å². The molecule has 0 aliphatic heterocycles. The van der Waals surface area contributed by atoms with Crippen molar-refractivity contribution in [1.29, 1.82) is 0 Å². The van der Waals surface area contributed by atoms with Gasteiger partial charge < -0.3 is 9.32 Å². The molecule has 0 spiro atoms. The highest BCUT2D eigenvalue weighted by atomic mass is 32.1. The predicted molar refractivity (Wildman–Crippen MR) is 237 cm³/mol. The Kier molecular flexibility index (Phi) is 6.54. The van der Waals surface area contributed by atoms with E-state index in [0.29, 0.717) is 0 Å². The highest BCUT2D eigenvalue weighted by Gasteiger charge is 2.18. The Morgan fingerprint density at radius 1 is 0.364 bits per heavy atom. The Hall–Kier alpha value is -6.94. The maximum absolute atomic E-state index is 6.54. The lowest BCUT2D eigenvalue weighted by Gasteiger charge is -2.26. The molecule has 0 saturated carbocycles. The third-order valence-corrected chi connectivity index (χ3v) is 12.6. The van der Waals surface area contributed by atoms with Crippen molar-refractivity contribution in [2.75, 3.05) is 4.90 Å². The molecule has 12 rings (SSSR count). The number of para-hydroxylation sites is 1. The fourth-order valence-corrected chi connectivity index (χ4v) is 10.1. The zero-order valence-electron chi connectivity index (χ0n) is 29.7. The molecule has 2 heterocycles. The summed E-state index contributed by atoms with van der Waals surface area (Å²) in [5.41, 5.74) is 7.58. The van der Waals surface area contributed by atoms with Gasteiger partial charge in [0.05, 0.1) is 0 Å². The number of furan rings is 1. The van der Waals surface area contributed by atoms with Gasteiger partial charge in [-0.2, -0.15) is 0 Å². The maximum atomic E-state index is 6.54. The molecule has 2 nitrogen and oxygen atoms in total. The first-order chi connectivity index (χ1) is 27.2. The van der Waals surface area contributed by atoms with E-state index in [1.807, 2.05) is 17.4 Å². The van der Waals surface area contributed by atoms with Gasteiger partial charge in [-0.1, -0.05) is 133 Å². The largest absolute Gasteiger partial charge is 0.455 e. The molecule has 0 aliphatic carbocycles. The van der Waals surface area contributed by atoms with Gasteiger partial charge in [0.25, 0.3) is 0 Å². The zero-order chi connectivity index (χ0) is 36.0. The van der Waals surface area contributed by atoms with Gasteiger partial charge in [-0.25, -0.2) is 0 Å². The van der Waals surface area contributed by atoms with Crippen molar-refractivity contribution in [2.24, 2.45) is 0 Å². The van der Waals surface area contributed by atoms with E-state index in [4.69, 9.17) is 4.42 Å². The molecule has 0 N–H and O–H groups in total. The van der Waals surface area contributed by atoms with Crippen LogP contribution in [0.25, 0.3) is 96.3 Å². The number of anilines is 3. The summed E-state index contributed by atoms with van der Waals surface area (Å²) in [6, 6.07) is 68.5. The number of rotatable bonds is 4. The second-order valence-corrected chi connectivity index (χ2v) is 15.5. The molecule has 0 atom stereocenters. The Morgan fingerprint density at radius 2 is 0.909 bits per heavy atom. The summed E-state index contributed by atoms with van der Waals surface area (Å²) in [4.78, 5) is 2.39. The summed E-state index contributed by atoms with van der Waals surface area (Å²) in [5.74, 6) is 0. The van der Waals surface area contributed by atoms with E-state index >= 15 is 0 Å². The topological polar surface area (TPSA) is 16.4 Å². The van der Waals surface area contributed by atoms with Gasteiger partial charge in [-0.15, -0.1) is 11.3 Å². The van der Waals surface area contributed by atoms with E-state index in [0.717, 1.165) is 44.4 Å². The molecular formula is C52H31NOS. The van der Waals surface area contributed by atoms with E-state index in [1.54, 1.807) is 0 Å². The average Bonchev–Trinajstić information content (AvgIpc) is 3.83. The van der Waals surface area contributed by atoms with Crippen LogP contribution in [0.15, 0.2) is 192 Å². The van der Waals surface area contributed by atoms with Gasteiger partial charge in [0.15, 0.2) is 0 Å². The minimum atomic E-state index is 0.918. The number of fused-ring (bicyclic) bond motifs is 14. The number of nitrogens with zero attached hydrogens (tertiary/aromatic N) is 1.